The molecule has 0 amide bonds. The van der Waals surface area contributed by atoms with Gasteiger partial charge in [0.25, 0.3) is 0 Å². The average molecular weight is 180 g/mol. The summed E-state index contributed by atoms with van der Waals surface area (Å²) in [5.74, 6) is 0. The monoisotopic (exact) mass is 180 g/mol. The molecule has 0 fully saturated rings. The van der Waals surface area contributed by atoms with Crippen LogP contribution >= 0.6 is 0 Å². The van der Waals surface area contributed by atoms with E-state index in [1.54, 1.807) is 0 Å². The molecule has 6 heteroatoms. The fourth-order valence-corrected chi connectivity index (χ4v) is 0. The van der Waals surface area contributed by atoms with E-state index in [0.717, 1.165) is 0 Å². The average Bonchev–Trinajstić information content (AvgIpc) is 0. The van der Waals surface area contributed by atoms with Crippen LogP contribution in [-0.4, -0.2) is 21.9 Å². The Morgan fingerprint density at radius 2 is 0.500 bits per heavy atom. The fourth-order valence-electron chi connectivity index (χ4n) is 0. The molecule has 0 aliphatic rings. The molecule has 0 aromatic carbocycles. The summed E-state index contributed by atoms with van der Waals surface area (Å²) in [4.78, 5) is 0. The number of hydrogen-bond donors (Lipinski definition) is 0. The Morgan fingerprint density at radius 1 is 0.500 bits per heavy atom. The third-order valence-corrected chi connectivity index (χ3v) is 0. The Kier molecular flexibility index (Phi) is 8880. The second-order valence-electron chi connectivity index (χ2n) is 0. The van der Waals surface area contributed by atoms with Crippen molar-refractivity contribution in [3.8, 4) is 0 Å². The van der Waals surface area contributed by atoms with Gasteiger partial charge in [-0.2, -0.15) is 0 Å². The molecule has 0 saturated heterocycles. The quantitative estimate of drug-likeness (QED) is 0.346. The van der Waals surface area contributed by atoms with Crippen molar-refractivity contribution >= 4 is 0 Å². The molecule has 0 spiro atoms. The van der Waals surface area contributed by atoms with Gasteiger partial charge in [-0.05, 0) is 0 Å². The van der Waals surface area contributed by atoms with Gasteiger partial charge in [-0.1, -0.05) is 0 Å². The van der Waals surface area contributed by atoms with Crippen molar-refractivity contribution in [1.29, 1.82) is 0 Å². The summed E-state index contributed by atoms with van der Waals surface area (Å²) in [7, 11) is 0. The van der Waals surface area contributed by atoms with Crippen molar-refractivity contribution in [2.75, 3.05) is 0 Å². The molecule has 0 saturated carbocycles. The molecule has 0 radical (unpaired) electrons. The number of rotatable bonds is 0. The van der Waals surface area contributed by atoms with E-state index in [1.807, 2.05) is 0 Å². The van der Waals surface area contributed by atoms with Crippen LogP contribution in [0, 0.1) is 0 Å². The van der Waals surface area contributed by atoms with E-state index < -0.39 is 0 Å². The van der Waals surface area contributed by atoms with Crippen LogP contribution in [0.1, 0.15) is 0 Å². The van der Waals surface area contributed by atoms with Crippen molar-refractivity contribution < 1.29 is 56.3 Å². The third kappa shape index (κ3) is 93.1. The van der Waals surface area contributed by atoms with Gasteiger partial charge >= 0.3 is 0 Å². The summed E-state index contributed by atoms with van der Waals surface area (Å²) in [6.07, 6.45) is 0. The molecule has 4 nitrogen and oxygen atoms in total. The molecule has 0 unspecified atom stereocenters. The molecular formula is H8CrFeO4. The Balaban J connectivity index is 0. The van der Waals surface area contributed by atoms with Gasteiger partial charge in [0.1, 0.15) is 0 Å². The molecule has 46 valence electrons. The van der Waals surface area contributed by atoms with Crippen molar-refractivity contribution in [3.63, 3.8) is 0 Å². The zero-order valence-electron chi connectivity index (χ0n) is 2.76. The summed E-state index contributed by atoms with van der Waals surface area (Å²) in [6.45, 7) is 0. The van der Waals surface area contributed by atoms with Crippen LogP contribution in [0.3, 0.4) is 0 Å². The van der Waals surface area contributed by atoms with E-state index in [0.29, 0.717) is 0 Å². The Hall–Kier alpha value is 0.892. The van der Waals surface area contributed by atoms with Crippen molar-refractivity contribution in [2.45, 2.75) is 0 Å². The molecule has 0 heterocycles. The van der Waals surface area contributed by atoms with Gasteiger partial charge in [-0.3, -0.25) is 0 Å². The standard InChI is InChI=1S/Cr.Fe.4H2O/h;;4*1H2. The third-order valence-electron chi connectivity index (χ3n) is 0. The maximum Gasteiger partial charge on any atom is 0 e. The van der Waals surface area contributed by atoms with E-state index in [9.17, 15) is 0 Å². The van der Waals surface area contributed by atoms with Gasteiger partial charge in [0.15, 0.2) is 0 Å². The van der Waals surface area contributed by atoms with Gasteiger partial charge in [-0.15, -0.1) is 0 Å². The Bertz CT molecular complexity index is 7.51. The van der Waals surface area contributed by atoms with E-state index >= 15 is 0 Å². The first kappa shape index (κ1) is 301. The van der Waals surface area contributed by atoms with Crippen LogP contribution in [-0.2, 0) is 34.4 Å². The fraction of sp³-hybridized carbons (Fsp3) is 0. The predicted octanol–water partition coefficient (Wildman–Crippen LogP) is -3.30. The van der Waals surface area contributed by atoms with Gasteiger partial charge in [0.05, 0.1) is 0 Å². The van der Waals surface area contributed by atoms with Crippen LogP contribution in [0.25, 0.3) is 0 Å². The second-order valence-corrected chi connectivity index (χ2v) is 0. The minimum atomic E-state index is 0. The van der Waals surface area contributed by atoms with Gasteiger partial charge in [-0.25, -0.2) is 0 Å². The van der Waals surface area contributed by atoms with Crippen LogP contribution in [0.4, 0.5) is 0 Å². The molecule has 8 N–H and O–H groups in total. The van der Waals surface area contributed by atoms with E-state index in [1.165, 1.54) is 0 Å². The van der Waals surface area contributed by atoms with Crippen LogP contribution in [0.2, 0.25) is 0 Å². The molecule has 0 bridgehead atoms. The zero-order valence-corrected chi connectivity index (χ0v) is 5.14. The predicted molar refractivity (Wildman–Crippen MR) is 14.5 cm³/mol. The molecule has 0 atom stereocenters. The SMILES string of the molecule is O.O.O.O.[Cr].[Fe]. The summed E-state index contributed by atoms with van der Waals surface area (Å²) < 4.78 is 0. The first-order valence-electron chi connectivity index (χ1n) is 0. The normalized spacial score (nSPS) is 0. The minimum absolute atomic E-state index is 0. The second kappa shape index (κ2) is 177. The van der Waals surface area contributed by atoms with Crippen molar-refractivity contribution in [3.05, 3.63) is 0 Å². The largest absolute Gasteiger partial charge is 0.412 e. The van der Waals surface area contributed by atoms with Gasteiger partial charge < -0.3 is 21.9 Å². The smallest absolute Gasteiger partial charge is 0 e. The molecule has 6 heavy (non-hydrogen) atoms. The zero-order chi connectivity index (χ0) is 0. The van der Waals surface area contributed by atoms with Gasteiger partial charge in [0, 0.05) is 34.4 Å². The summed E-state index contributed by atoms with van der Waals surface area (Å²) in [5, 5.41) is 0. The van der Waals surface area contributed by atoms with Gasteiger partial charge in [0.2, 0.25) is 0 Å². The Morgan fingerprint density at radius 3 is 0.500 bits per heavy atom. The maximum absolute atomic E-state index is 0. The van der Waals surface area contributed by atoms with E-state index in [2.05, 4.69) is 0 Å². The summed E-state index contributed by atoms with van der Waals surface area (Å²) in [5.41, 5.74) is 0. The molecule has 0 rings (SSSR count). The van der Waals surface area contributed by atoms with Crippen LogP contribution in [0.15, 0.2) is 0 Å². The molecular weight excluding hydrogens is 172 g/mol. The maximum atomic E-state index is 0. The summed E-state index contributed by atoms with van der Waals surface area (Å²) >= 11 is 0. The minimum Gasteiger partial charge on any atom is -0.412 e. The number of hydrogen-bond acceptors (Lipinski definition) is 0. The molecule has 0 aromatic heterocycles. The van der Waals surface area contributed by atoms with Crippen molar-refractivity contribution in [2.24, 2.45) is 0 Å². The van der Waals surface area contributed by atoms with E-state index in [4.69, 9.17) is 0 Å². The van der Waals surface area contributed by atoms with Crippen molar-refractivity contribution in [1.82, 2.24) is 0 Å². The molecule has 0 aliphatic carbocycles. The summed E-state index contributed by atoms with van der Waals surface area (Å²) in [6, 6.07) is 0. The Labute approximate surface area is 56.8 Å². The topological polar surface area (TPSA) is 126 Å². The molecule has 0 aliphatic heterocycles. The first-order chi connectivity index (χ1) is 0. The van der Waals surface area contributed by atoms with E-state index in [-0.39, 0.29) is 56.3 Å². The first-order valence-corrected chi connectivity index (χ1v) is 0. The van der Waals surface area contributed by atoms with Crippen LogP contribution < -0.4 is 0 Å². The van der Waals surface area contributed by atoms with Crippen LogP contribution in [0.5, 0.6) is 0 Å². The molecule has 0 aromatic rings.